The zero-order chi connectivity index (χ0) is 19.7. The zero-order valence-corrected chi connectivity index (χ0v) is 17.8. The molecule has 0 spiro atoms. The van der Waals surface area contributed by atoms with Gasteiger partial charge < -0.3 is 5.11 Å². The number of aliphatic carboxylic acids is 1. The fourth-order valence-corrected chi connectivity index (χ4v) is 5.36. The zero-order valence-electron chi connectivity index (χ0n) is 17.8. The molecule has 0 heterocycles. The predicted octanol–water partition coefficient (Wildman–Crippen LogP) is 7.12. The monoisotopic (exact) mass is 372 g/mol. The summed E-state index contributed by atoms with van der Waals surface area (Å²) in [6.07, 6.45) is 12.1. The Morgan fingerprint density at radius 1 is 1.15 bits per heavy atom. The topological polar surface area (TPSA) is 37.3 Å². The second kappa shape index (κ2) is 10.9. The first-order chi connectivity index (χ1) is 13.0. The number of benzene rings is 1. The number of hydrogen-bond acceptors (Lipinski definition) is 1. The number of carboxylic acids is 1. The van der Waals surface area contributed by atoms with Gasteiger partial charge >= 0.3 is 5.97 Å². The van der Waals surface area contributed by atoms with E-state index in [-0.39, 0.29) is 5.41 Å². The third-order valence-corrected chi connectivity index (χ3v) is 7.02. The average Bonchev–Trinajstić information content (AvgIpc) is 2.65. The molecule has 1 aromatic rings. The summed E-state index contributed by atoms with van der Waals surface area (Å²) in [6, 6.07) is 10.6. The normalized spacial score (nSPS) is 23.5. The Balaban J connectivity index is 2.32. The van der Waals surface area contributed by atoms with Crippen LogP contribution in [-0.2, 0) is 11.2 Å². The van der Waals surface area contributed by atoms with Crippen LogP contribution >= 0.6 is 0 Å². The first kappa shape index (κ1) is 22.0. The lowest BCUT2D eigenvalue weighted by Crippen LogP contribution is -2.39. The summed E-state index contributed by atoms with van der Waals surface area (Å²) in [6.45, 7) is 6.89. The van der Waals surface area contributed by atoms with E-state index in [1.54, 1.807) is 0 Å². The van der Waals surface area contributed by atoms with Crippen LogP contribution in [0, 0.1) is 23.2 Å². The van der Waals surface area contributed by atoms with Crippen LogP contribution in [0.25, 0.3) is 0 Å². The summed E-state index contributed by atoms with van der Waals surface area (Å²) in [5.41, 5.74) is 1.21. The van der Waals surface area contributed by atoms with Crippen molar-refractivity contribution in [2.75, 3.05) is 0 Å². The fraction of sp³-hybridized carbons (Fsp3) is 0.720. The van der Waals surface area contributed by atoms with Gasteiger partial charge in [-0.2, -0.15) is 0 Å². The van der Waals surface area contributed by atoms with Gasteiger partial charge in [0.15, 0.2) is 0 Å². The van der Waals surface area contributed by atoms with E-state index in [9.17, 15) is 9.90 Å². The van der Waals surface area contributed by atoms with Crippen LogP contribution in [0.4, 0.5) is 0 Å². The molecule has 1 fully saturated rings. The predicted molar refractivity (Wildman–Crippen MR) is 114 cm³/mol. The highest BCUT2D eigenvalue weighted by atomic mass is 16.4. The summed E-state index contributed by atoms with van der Waals surface area (Å²) in [5, 5.41) is 9.87. The minimum Gasteiger partial charge on any atom is -0.481 e. The van der Waals surface area contributed by atoms with E-state index in [1.807, 2.05) is 0 Å². The molecule has 2 unspecified atom stereocenters. The van der Waals surface area contributed by atoms with Crippen LogP contribution in [0.2, 0.25) is 0 Å². The van der Waals surface area contributed by atoms with Gasteiger partial charge in [-0.15, -0.1) is 0 Å². The van der Waals surface area contributed by atoms with Gasteiger partial charge in [0.2, 0.25) is 0 Å². The van der Waals surface area contributed by atoms with Gasteiger partial charge in [0, 0.05) is 0 Å². The fourth-order valence-electron chi connectivity index (χ4n) is 5.36. The molecule has 1 aliphatic rings. The second-order valence-electron chi connectivity index (χ2n) is 9.17. The largest absolute Gasteiger partial charge is 0.481 e. The van der Waals surface area contributed by atoms with Crippen molar-refractivity contribution in [2.45, 2.75) is 91.4 Å². The molecular formula is C25H40O2. The van der Waals surface area contributed by atoms with E-state index in [0.717, 1.165) is 18.8 Å². The molecule has 0 bridgehead atoms. The number of hydrogen-bond donors (Lipinski definition) is 1. The molecule has 2 heteroatoms. The van der Waals surface area contributed by atoms with Gasteiger partial charge in [0.05, 0.1) is 6.42 Å². The van der Waals surface area contributed by atoms with Crippen molar-refractivity contribution >= 4 is 5.97 Å². The van der Waals surface area contributed by atoms with E-state index < -0.39 is 5.97 Å². The number of unbranched alkanes of at least 4 members (excludes halogenated alkanes) is 1. The highest BCUT2D eigenvalue weighted by Crippen LogP contribution is 2.49. The lowest BCUT2D eigenvalue weighted by molar-refractivity contribution is -0.141. The highest BCUT2D eigenvalue weighted by molar-refractivity contribution is 5.68. The van der Waals surface area contributed by atoms with E-state index >= 15 is 0 Å². The molecule has 1 N–H and O–H groups in total. The van der Waals surface area contributed by atoms with Crippen LogP contribution in [-0.4, -0.2) is 11.1 Å². The lowest BCUT2D eigenvalue weighted by Gasteiger charge is -2.45. The molecule has 0 aliphatic heterocycles. The second-order valence-corrected chi connectivity index (χ2v) is 9.17. The summed E-state index contributed by atoms with van der Waals surface area (Å²) in [4.78, 5) is 12.0. The number of carbonyl (C=O) groups is 1. The molecule has 0 radical (unpaired) electrons. The molecule has 2 atom stereocenters. The van der Waals surface area contributed by atoms with Gasteiger partial charge in [-0.05, 0) is 54.4 Å². The Bertz CT molecular complexity index is 545. The van der Waals surface area contributed by atoms with Crippen molar-refractivity contribution in [2.24, 2.45) is 23.2 Å². The average molecular weight is 373 g/mol. The highest BCUT2D eigenvalue weighted by Gasteiger charge is 2.42. The maximum Gasteiger partial charge on any atom is 0.303 e. The number of rotatable bonds is 11. The minimum atomic E-state index is -0.616. The summed E-state index contributed by atoms with van der Waals surface area (Å²) in [5.74, 6) is 1.37. The molecule has 0 aromatic heterocycles. The Morgan fingerprint density at radius 2 is 1.81 bits per heavy atom. The van der Waals surface area contributed by atoms with Gasteiger partial charge in [-0.3, -0.25) is 4.79 Å². The van der Waals surface area contributed by atoms with Gasteiger partial charge in [-0.25, -0.2) is 0 Å². The summed E-state index contributed by atoms with van der Waals surface area (Å²) < 4.78 is 0. The third-order valence-electron chi connectivity index (χ3n) is 7.02. The van der Waals surface area contributed by atoms with Crippen molar-refractivity contribution in [1.82, 2.24) is 0 Å². The smallest absolute Gasteiger partial charge is 0.303 e. The molecule has 1 saturated carbocycles. The van der Waals surface area contributed by atoms with Crippen molar-refractivity contribution < 1.29 is 9.90 Å². The molecular weight excluding hydrogens is 332 g/mol. The van der Waals surface area contributed by atoms with Crippen LogP contribution < -0.4 is 0 Å². The van der Waals surface area contributed by atoms with Gasteiger partial charge in [0.1, 0.15) is 0 Å². The maximum atomic E-state index is 12.0. The third kappa shape index (κ3) is 6.66. The van der Waals surface area contributed by atoms with Crippen molar-refractivity contribution in [3.63, 3.8) is 0 Å². The Morgan fingerprint density at radius 3 is 2.37 bits per heavy atom. The Kier molecular flexibility index (Phi) is 8.86. The van der Waals surface area contributed by atoms with Crippen LogP contribution in [0.5, 0.6) is 0 Å². The minimum absolute atomic E-state index is 0.0955. The SMILES string of the molecule is CCCCC(CC)CC(CC(=O)O)(Cc1ccccc1)C1CCC(C)CC1. The molecule has 0 amide bonds. The molecule has 27 heavy (non-hydrogen) atoms. The molecule has 2 rings (SSSR count). The van der Waals surface area contributed by atoms with E-state index in [2.05, 4.69) is 51.1 Å². The standard InChI is InChI=1S/C25H40O2/c1-4-6-10-21(5-2)17-25(19-24(26)27,18-22-11-8-7-9-12-22)23-15-13-20(3)14-16-23/h7-9,11-12,20-21,23H,4-6,10,13-19H2,1-3H3,(H,26,27). The summed E-state index contributed by atoms with van der Waals surface area (Å²) >= 11 is 0. The first-order valence-electron chi connectivity index (χ1n) is 11.2. The van der Waals surface area contributed by atoms with Crippen LogP contribution in [0.15, 0.2) is 30.3 Å². The molecule has 2 nitrogen and oxygen atoms in total. The van der Waals surface area contributed by atoms with E-state index in [1.165, 1.54) is 56.9 Å². The first-order valence-corrected chi connectivity index (χ1v) is 11.2. The summed E-state index contributed by atoms with van der Waals surface area (Å²) in [7, 11) is 0. The Hall–Kier alpha value is -1.31. The quantitative estimate of drug-likeness (QED) is 0.449. The Labute approximate surface area is 166 Å². The lowest BCUT2D eigenvalue weighted by atomic mass is 9.59. The maximum absolute atomic E-state index is 12.0. The molecule has 152 valence electrons. The van der Waals surface area contributed by atoms with E-state index in [0.29, 0.717) is 18.3 Å². The molecule has 1 aliphatic carbocycles. The molecule has 1 aromatic carbocycles. The van der Waals surface area contributed by atoms with E-state index in [4.69, 9.17) is 0 Å². The van der Waals surface area contributed by atoms with Crippen molar-refractivity contribution in [3.8, 4) is 0 Å². The van der Waals surface area contributed by atoms with Crippen LogP contribution in [0.3, 0.4) is 0 Å². The molecule has 0 saturated heterocycles. The van der Waals surface area contributed by atoms with Gasteiger partial charge in [0.25, 0.3) is 0 Å². The van der Waals surface area contributed by atoms with Gasteiger partial charge in [-0.1, -0.05) is 89.6 Å². The van der Waals surface area contributed by atoms with Crippen LogP contribution in [0.1, 0.15) is 90.5 Å². The number of carboxylic acid groups (broad SMARTS) is 1. The van der Waals surface area contributed by atoms with Crippen molar-refractivity contribution in [3.05, 3.63) is 35.9 Å². The van der Waals surface area contributed by atoms with Crippen molar-refractivity contribution in [1.29, 1.82) is 0 Å².